The first-order valence-corrected chi connectivity index (χ1v) is 9.54. The lowest BCUT2D eigenvalue weighted by molar-refractivity contribution is 0.767. The largest absolute Gasteiger partial charge is 0.375 e. The van der Waals surface area contributed by atoms with Crippen LogP contribution in [-0.2, 0) is 6.42 Å². The van der Waals surface area contributed by atoms with Crippen LogP contribution in [0.5, 0.6) is 0 Å². The quantitative estimate of drug-likeness (QED) is 0.399. The molecule has 0 aliphatic rings. The molecule has 0 aliphatic heterocycles. The molecule has 0 saturated carbocycles. The van der Waals surface area contributed by atoms with Crippen molar-refractivity contribution in [2.75, 3.05) is 23.8 Å². The van der Waals surface area contributed by atoms with Crippen LogP contribution in [0.25, 0.3) is 0 Å². The van der Waals surface area contributed by atoms with Gasteiger partial charge in [0.25, 0.3) is 0 Å². The zero-order chi connectivity index (χ0) is 18.8. The normalized spacial score (nSPS) is 10.7. The lowest BCUT2D eigenvalue weighted by atomic mass is 10.1. The van der Waals surface area contributed by atoms with E-state index < -0.39 is 0 Å². The molecule has 5 heteroatoms. The number of hydrogen-bond acceptors (Lipinski definition) is 3. The fourth-order valence-electron chi connectivity index (χ4n) is 2.61. The zero-order valence-corrected chi connectivity index (χ0v) is 16.6. The third kappa shape index (κ3) is 6.15. The molecule has 2 aromatic carbocycles. The molecule has 0 unspecified atom stereocenters. The van der Waals surface area contributed by atoms with Gasteiger partial charge in [-0.2, -0.15) is 5.10 Å². The lowest BCUT2D eigenvalue weighted by Gasteiger charge is -2.18. The maximum absolute atomic E-state index is 5.31. The van der Waals surface area contributed by atoms with E-state index in [1.807, 2.05) is 18.2 Å². The molecule has 2 N–H and O–H groups in total. The molecule has 4 nitrogen and oxygen atoms in total. The van der Waals surface area contributed by atoms with E-state index >= 15 is 0 Å². The predicted octanol–water partition coefficient (Wildman–Crippen LogP) is 4.81. The van der Waals surface area contributed by atoms with Crippen molar-refractivity contribution < 1.29 is 0 Å². The van der Waals surface area contributed by atoms with Gasteiger partial charge in [-0.3, -0.25) is 5.43 Å². The van der Waals surface area contributed by atoms with Gasteiger partial charge < -0.3 is 10.2 Å². The Bertz CT molecular complexity index is 725. The molecule has 0 saturated heterocycles. The summed E-state index contributed by atoms with van der Waals surface area (Å²) >= 11 is 5.31. The molecule has 0 aromatic heterocycles. The Morgan fingerprint density at radius 2 is 1.85 bits per heavy atom. The van der Waals surface area contributed by atoms with E-state index in [1.165, 1.54) is 24.1 Å². The Morgan fingerprint density at radius 1 is 1.12 bits per heavy atom. The average molecular weight is 369 g/mol. The third-order valence-corrected chi connectivity index (χ3v) is 4.40. The minimum absolute atomic E-state index is 0.484. The molecule has 0 amide bonds. The van der Waals surface area contributed by atoms with Gasteiger partial charge in [0.05, 0.1) is 6.21 Å². The van der Waals surface area contributed by atoms with Gasteiger partial charge >= 0.3 is 0 Å². The van der Waals surface area contributed by atoms with E-state index in [0.29, 0.717) is 5.11 Å². The summed E-state index contributed by atoms with van der Waals surface area (Å²) in [5, 5.41) is 7.90. The first-order valence-electron chi connectivity index (χ1n) is 9.13. The zero-order valence-electron chi connectivity index (χ0n) is 15.8. The molecule has 0 aliphatic carbocycles. The highest BCUT2D eigenvalue weighted by molar-refractivity contribution is 7.80. The number of anilines is 2. The highest BCUT2D eigenvalue weighted by Gasteiger charge is 2.02. The van der Waals surface area contributed by atoms with Gasteiger partial charge in [-0.15, -0.1) is 0 Å². The van der Waals surface area contributed by atoms with Crippen LogP contribution in [0.2, 0.25) is 0 Å². The highest BCUT2D eigenvalue weighted by Crippen LogP contribution is 2.15. The molecule has 2 rings (SSSR count). The van der Waals surface area contributed by atoms with E-state index in [9.17, 15) is 0 Å². The van der Waals surface area contributed by atoms with Gasteiger partial charge in [-0.1, -0.05) is 50.6 Å². The van der Waals surface area contributed by atoms with Crippen LogP contribution in [0.1, 0.15) is 37.8 Å². The van der Waals surface area contributed by atoms with Crippen molar-refractivity contribution in [1.82, 2.24) is 5.43 Å². The Labute approximate surface area is 162 Å². The van der Waals surface area contributed by atoms with Gasteiger partial charge in [0.15, 0.2) is 5.11 Å². The minimum Gasteiger partial charge on any atom is -0.375 e. The molecule has 0 atom stereocenters. The second kappa shape index (κ2) is 10.6. The summed E-state index contributed by atoms with van der Waals surface area (Å²) in [6.45, 7) is 5.41. The summed E-state index contributed by atoms with van der Waals surface area (Å²) in [6, 6.07) is 16.5. The second-order valence-corrected chi connectivity index (χ2v) is 6.61. The summed E-state index contributed by atoms with van der Waals surface area (Å²) in [5.41, 5.74) is 7.37. The van der Waals surface area contributed by atoms with Crippen LogP contribution in [-0.4, -0.2) is 24.9 Å². The number of nitrogens with zero attached hydrogens (tertiary/aromatic N) is 2. The van der Waals surface area contributed by atoms with Gasteiger partial charge in [0.2, 0.25) is 0 Å². The van der Waals surface area contributed by atoms with Crippen LogP contribution in [0.3, 0.4) is 0 Å². The monoisotopic (exact) mass is 368 g/mol. The minimum atomic E-state index is 0.484. The number of hydrogen-bond donors (Lipinski definition) is 2. The number of hydrazone groups is 1. The molecular formula is C21H28N4S. The van der Waals surface area contributed by atoms with Gasteiger partial charge in [-0.05, 0) is 54.4 Å². The molecule has 0 bridgehead atoms. The number of rotatable bonds is 8. The molecule has 0 radical (unpaired) electrons. The number of nitrogens with one attached hydrogen (secondary N) is 2. The molecule has 26 heavy (non-hydrogen) atoms. The SMILES string of the molecule is CCCCN(C)c1ccc(/C=N\NC(=S)Nc2ccccc2CC)cc1. The molecule has 0 fully saturated rings. The van der Waals surface area contributed by atoms with E-state index in [4.69, 9.17) is 12.2 Å². The molecule has 138 valence electrons. The molecule has 0 spiro atoms. The predicted molar refractivity (Wildman–Crippen MR) is 117 cm³/mol. The average Bonchev–Trinajstić information content (AvgIpc) is 2.67. The van der Waals surface area contributed by atoms with E-state index in [0.717, 1.165) is 24.2 Å². The summed E-state index contributed by atoms with van der Waals surface area (Å²) in [7, 11) is 2.12. The second-order valence-electron chi connectivity index (χ2n) is 6.20. The van der Waals surface area contributed by atoms with Crippen LogP contribution in [0.4, 0.5) is 11.4 Å². The standard InChI is InChI=1S/C21H28N4S/c1-4-6-15-25(3)19-13-11-17(12-14-19)16-22-24-21(26)23-20-10-8-7-9-18(20)5-2/h7-14,16H,4-6,15H2,1-3H3,(H2,23,24,26)/b22-16-. The van der Waals surface area contributed by atoms with E-state index in [2.05, 4.69) is 72.0 Å². The Kier molecular flexibility index (Phi) is 8.09. The Balaban J connectivity index is 1.86. The van der Waals surface area contributed by atoms with Crippen molar-refractivity contribution in [3.05, 3.63) is 59.7 Å². The smallest absolute Gasteiger partial charge is 0.191 e. The Hall–Kier alpha value is -2.40. The first-order chi connectivity index (χ1) is 12.6. The summed E-state index contributed by atoms with van der Waals surface area (Å²) in [5.74, 6) is 0. The van der Waals surface area contributed by atoms with Crippen molar-refractivity contribution in [1.29, 1.82) is 0 Å². The number of benzene rings is 2. The molecule has 2 aromatic rings. The van der Waals surface area contributed by atoms with Crippen molar-refractivity contribution in [2.24, 2.45) is 5.10 Å². The van der Waals surface area contributed by atoms with Crippen molar-refractivity contribution in [2.45, 2.75) is 33.1 Å². The number of unbranched alkanes of at least 4 members (excludes halogenated alkanes) is 1. The number of aryl methyl sites for hydroxylation is 1. The van der Waals surface area contributed by atoms with Crippen LogP contribution in [0.15, 0.2) is 53.6 Å². The van der Waals surface area contributed by atoms with Gasteiger partial charge in [0, 0.05) is 25.0 Å². The summed E-state index contributed by atoms with van der Waals surface area (Å²) in [6.07, 6.45) is 5.14. The van der Waals surface area contributed by atoms with Crippen LogP contribution < -0.4 is 15.6 Å². The summed E-state index contributed by atoms with van der Waals surface area (Å²) < 4.78 is 0. The lowest BCUT2D eigenvalue weighted by Crippen LogP contribution is -2.24. The third-order valence-electron chi connectivity index (χ3n) is 4.21. The molecular weight excluding hydrogens is 340 g/mol. The van der Waals surface area contributed by atoms with Crippen molar-refractivity contribution in [3.63, 3.8) is 0 Å². The maximum Gasteiger partial charge on any atom is 0.191 e. The van der Waals surface area contributed by atoms with Crippen molar-refractivity contribution in [3.8, 4) is 0 Å². The van der Waals surface area contributed by atoms with E-state index in [-0.39, 0.29) is 0 Å². The van der Waals surface area contributed by atoms with Crippen LogP contribution >= 0.6 is 12.2 Å². The summed E-state index contributed by atoms with van der Waals surface area (Å²) in [4.78, 5) is 2.27. The van der Waals surface area contributed by atoms with Gasteiger partial charge in [0.1, 0.15) is 0 Å². The highest BCUT2D eigenvalue weighted by atomic mass is 32.1. The van der Waals surface area contributed by atoms with E-state index in [1.54, 1.807) is 6.21 Å². The Morgan fingerprint density at radius 3 is 2.54 bits per heavy atom. The van der Waals surface area contributed by atoms with Crippen molar-refractivity contribution >= 4 is 34.9 Å². The van der Waals surface area contributed by atoms with Crippen LogP contribution in [0, 0.1) is 0 Å². The fourth-order valence-corrected chi connectivity index (χ4v) is 2.77. The molecule has 0 heterocycles. The first kappa shape index (κ1) is 19.9. The maximum atomic E-state index is 5.31. The number of para-hydroxylation sites is 1. The topological polar surface area (TPSA) is 39.7 Å². The number of thiocarbonyl (C=S) groups is 1. The van der Waals surface area contributed by atoms with Gasteiger partial charge in [-0.25, -0.2) is 0 Å². The fraction of sp³-hybridized carbons (Fsp3) is 0.333.